The summed E-state index contributed by atoms with van der Waals surface area (Å²) in [6.07, 6.45) is 4.82. The number of hydrogen-bond donors (Lipinski definition) is 1. The molecule has 3 rings (SSSR count). The molecule has 1 saturated heterocycles. The van der Waals surface area contributed by atoms with E-state index >= 15 is 0 Å². The monoisotopic (exact) mass is 292 g/mol. The van der Waals surface area contributed by atoms with Crippen molar-refractivity contribution in [2.75, 3.05) is 6.54 Å². The van der Waals surface area contributed by atoms with E-state index in [0.717, 1.165) is 12.8 Å². The number of nitrogens with zero attached hydrogens (tertiary/aromatic N) is 3. The third-order valence-corrected chi connectivity index (χ3v) is 4.28. The Kier molecular flexibility index (Phi) is 3.90. The molecule has 21 heavy (non-hydrogen) atoms. The Balaban J connectivity index is 1.52. The second-order valence-corrected chi connectivity index (χ2v) is 5.82. The first-order valence-corrected chi connectivity index (χ1v) is 7.49. The number of nitrogens with one attached hydrogen (secondary N) is 1. The van der Waals surface area contributed by atoms with Crippen LogP contribution in [0.1, 0.15) is 43.9 Å². The van der Waals surface area contributed by atoms with Crippen LogP contribution >= 0.6 is 0 Å². The molecule has 7 nitrogen and oxygen atoms in total. The minimum absolute atomic E-state index is 0.107. The molecule has 1 unspecified atom stereocenters. The molecule has 0 bridgehead atoms. The van der Waals surface area contributed by atoms with E-state index in [0.29, 0.717) is 30.8 Å². The lowest BCUT2D eigenvalue weighted by Crippen LogP contribution is -2.36. The molecule has 1 aromatic heterocycles. The molecule has 1 aliphatic carbocycles. The topological polar surface area (TPSA) is 88.3 Å². The van der Waals surface area contributed by atoms with E-state index in [2.05, 4.69) is 15.5 Å². The van der Waals surface area contributed by atoms with Crippen molar-refractivity contribution < 1.29 is 14.0 Å². The van der Waals surface area contributed by atoms with Gasteiger partial charge < -0.3 is 14.6 Å². The van der Waals surface area contributed by atoms with E-state index in [4.69, 9.17) is 4.42 Å². The number of aromatic nitrogens is 2. The van der Waals surface area contributed by atoms with Gasteiger partial charge in [0.2, 0.25) is 23.6 Å². The van der Waals surface area contributed by atoms with Crippen LogP contribution in [0.25, 0.3) is 0 Å². The van der Waals surface area contributed by atoms with Crippen LogP contribution in [0.3, 0.4) is 0 Å². The van der Waals surface area contributed by atoms with Crippen molar-refractivity contribution in [3.8, 4) is 0 Å². The predicted molar refractivity (Wildman–Crippen MR) is 73.0 cm³/mol. The molecule has 7 heteroatoms. The Hall–Kier alpha value is -1.92. The second-order valence-electron chi connectivity index (χ2n) is 5.82. The summed E-state index contributed by atoms with van der Waals surface area (Å²) in [7, 11) is 0. The van der Waals surface area contributed by atoms with Crippen molar-refractivity contribution >= 4 is 11.8 Å². The van der Waals surface area contributed by atoms with E-state index in [9.17, 15) is 9.59 Å². The summed E-state index contributed by atoms with van der Waals surface area (Å²) in [6.45, 7) is 2.46. The van der Waals surface area contributed by atoms with Gasteiger partial charge in [-0.3, -0.25) is 9.59 Å². The fourth-order valence-electron chi connectivity index (χ4n) is 3.19. The van der Waals surface area contributed by atoms with Gasteiger partial charge in [0.05, 0.1) is 12.5 Å². The highest BCUT2D eigenvalue weighted by atomic mass is 16.4. The molecule has 1 aromatic rings. The van der Waals surface area contributed by atoms with Crippen molar-refractivity contribution in [2.24, 2.45) is 5.92 Å². The lowest BCUT2D eigenvalue weighted by atomic mass is 10.1. The summed E-state index contributed by atoms with van der Waals surface area (Å²) in [6, 6.07) is 0.342. The molecule has 0 radical (unpaired) electrons. The number of amides is 2. The first-order chi connectivity index (χ1) is 10.1. The Morgan fingerprint density at radius 3 is 2.81 bits per heavy atom. The Morgan fingerprint density at radius 1 is 1.38 bits per heavy atom. The van der Waals surface area contributed by atoms with E-state index in [1.807, 2.05) is 4.90 Å². The van der Waals surface area contributed by atoms with Crippen LogP contribution in [0, 0.1) is 12.8 Å². The van der Waals surface area contributed by atoms with Gasteiger partial charge in [0.15, 0.2) is 0 Å². The van der Waals surface area contributed by atoms with Gasteiger partial charge in [-0.1, -0.05) is 12.8 Å². The zero-order valence-corrected chi connectivity index (χ0v) is 12.2. The second kappa shape index (κ2) is 5.83. The highest BCUT2D eigenvalue weighted by molar-refractivity contribution is 5.89. The van der Waals surface area contributed by atoms with Crippen molar-refractivity contribution in [3.63, 3.8) is 0 Å². The zero-order chi connectivity index (χ0) is 14.8. The van der Waals surface area contributed by atoms with Gasteiger partial charge in [0.1, 0.15) is 0 Å². The minimum atomic E-state index is -0.262. The standard InChI is InChI=1S/C14H20N4O3/c1-9-16-17-12(21-9)7-15-14(20)10-6-13(19)18(8-10)11-4-2-3-5-11/h10-11H,2-8H2,1H3,(H,15,20). The van der Waals surface area contributed by atoms with Crippen LogP contribution in [0.4, 0.5) is 0 Å². The molecule has 1 atom stereocenters. The highest BCUT2D eigenvalue weighted by Gasteiger charge is 2.38. The smallest absolute Gasteiger partial charge is 0.235 e. The van der Waals surface area contributed by atoms with E-state index in [-0.39, 0.29) is 24.3 Å². The van der Waals surface area contributed by atoms with Crippen molar-refractivity contribution in [1.29, 1.82) is 0 Å². The number of carbonyl (C=O) groups is 2. The largest absolute Gasteiger partial charge is 0.424 e. The van der Waals surface area contributed by atoms with Crippen LogP contribution in [-0.4, -0.2) is 39.5 Å². The molecule has 2 heterocycles. The third kappa shape index (κ3) is 3.06. The Bertz CT molecular complexity index is 536. The maximum absolute atomic E-state index is 12.2. The fourth-order valence-corrected chi connectivity index (χ4v) is 3.19. The summed E-state index contributed by atoms with van der Waals surface area (Å²) in [5, 5.41) is 10.3. The van der Waals surface area contributed by atoms with Crippen LogP contribution in [0.15, 0.2) is 4.42 Å². The predicted octanol–water partition coefficient (Wildman–Crippen LogP) is 0.785. The van der Waals surface area contributed by atoms with Crippen LogP contribution < -0.4 is 5.32 Å². The summed E-state index contributed by atoms with van der Waals surface area (Å²) >= 11 is 0. The average Bonchev–Trinajstić information content (AvgIpc) is 3.16. The minimum Gasteiger partial charge on any atom is -0.424 e. The number of likely N-dealkylation sites (tertiary alicyclic amines) is 1. The van der Waals surface area contributed by atoms with Gasteiger partial charge in [0, 0.05) is 25.9 Å². The van der Waals surface area contributed by atoms with Gasteiger partial charge in [-0.05, 0) is 12.8 Å². The molecule has 114 valence electrons. The molecule has 0 spiro atoms. The number of hydrogen-bond acceptors (Lipinski definition) is 5. The molecule has 2 amide bonds. The van der Waals surface area contributed by atoms with Crippen LogP contribution in [0.2, 0.25) is 0 Å². The summed E-state index contributed by atoms with van der Waals surface area (Å²) in [5.74, 6) is 0.595. The van der Waals surface area contributed by atoms with Gasteiger partial charge in [-0.2, -0.15) is 0 Å². The fraction of sp³-hybridized carbons (Fsp3) is 0.714. The zero-order valence-electron chi connectivity index (χ0n) is 12.2. The molecule has 1 aliphatic heterocycles. The average molecular weight is 292 g/mol. The SMILES string of the molecule is Cc1nnc(CNC(=O)C2CC(=O)N(C3CCCC3)C2)o1. The van der Waals surface area contributed by atoms with Crippen molar-refractivity contribution in [1.82, 2.24) is 20.4 Å². The van der Waals surface area contributed by atoms with Crippen LogP contribution in [0.5, 0.6) is 0 Å². The normalized spacial score (nSPS) is 23.0. The first kappa shape index (κ1) is 14.0. The summed E-state index contributed by atoms with van der Waals surface area (Å²) in [5.41, 5.74) is 0. The molecule has 1 N–H and O–H groups in total. The number of carbonyl (C=O) groups excluding carboxylic acids is 2. The van der Waals surface area contributed by atoms with Crippen LogP contribution in [-0.2, 0) is 16.1 Å². The molecule has 1 saturated carbocycles. The molecule has 2 aliphatic rings. The maximum atomic E-state index is 12.2. The van der Waals surface area contributed by atoms with E-state index < -0.39 is 0 Å². The Morgan fingerprint density at radius 2 is 2.14 bits per heavy atom. The van der Waals surface area contributed by atoms with Crippen molar-refractivity contribution in [3.05, 3.63) is 11.8 Å². The summed E-state index contributed by atoms with van der Waals surface area (Å²) < 4.78 is 5.21. The van der Waals surface area contributed by atoms with Gasteiger partial charge >= 0.3 is 0 Å². The van der Waals surface area contributed by atoms with Gasteiger partial charge in [0.25, 0.3) is 0 Å². The quantitative estimate of drug-likeness (QED) is 0.886. The third-order valence-electron chi connectivity index (χ3n) is 4.28. The molecular formula is C14H20N4O3. The first-order valence-electron chi connectivity index (χ1n) is 7.49. The maximum Gasteiger partial charge on any atom is 0.235 e. The lowest BCUT2D eigenvalue weighted by molar-refractivity contribution is -0.130. The van der Waals surface area contributed by atoms with Gasteiger partial charge in [-0.15, -0.1) is 10.2 Å². The van der Waals surface area contributed by atoms with E-state index in [1.54, 1.807) is 6.92 Å². The molecule has 2 fully saturated rings. The Labute approximate surface area is 123 Å². The van der Waals surface area contributed by atoms with Gasteiger partial charge in [-0.25, -0.2) is 0 Å². The highest BCUT2D eigenvalue weighted by Crippen LogP contribution is 2.29. The number of aryl methyl sites for hydroxylation is 1. The lowest BCUT2D eigenvalue weighted by Gasteiger charge is -2.23. The summed E-state index contributed by atoms with van der Waals surface area (Å²) in [4.78, 5) is 26.1. The molecule has 0 aromatic carbocycles. The van der Waals surface area contributed by atoms with E-state index in [1.165, 1.54) is 12.8 Å². The molecular weight excluding hydrogens is 272 g/mol. The number of rotatable bonds is 4. The van der Waals surface area contributed by atoms with Crippen molar-refractivity contribution in [2.45, 2.75) is 51.6 Å².